The van der Waals surface area contributed by atoms with E-state index >= 15 is 0 Å². The van der Waals surface area contributed by atoms with Crippen molar-refractivity contribution in [3.63, 3.8) is 0 Å². The van der Waals surface area contributed by atoms with E-state index in [0.717, 1.165) is 55.9 Å². The topological polar surface area (TPSA) is 47.3 Å². The van der Waals surface area contributed by atoms with Crippen LogP contribution in [0.25, 0.3) is 77.8 Å². The predicted molar refractivity (Wildman–Crippen MR) is 224 cm³/mol. The van der Waals surface area contributed by atoms with Gasteiger partial charge < -0.3 is 14.5 Å². The van der Waals surface area contributed by atoms with Crippen LogP contribution in [0.4, 0.5) is 5.69 Å². The van der Waals surface area contributed by atoms with Crippen LogP contribution < -0.4 is 10.1 Å². The van der Waals surface area contributed by atoms with Crippen LogP contribution in [-0.2, 0) is 5.41 Å². The smallest absolute Gasteiger partial charge is 0.227 e. The van der Waals surface area contributed by atoms with Crippen molar-refractivity contribution in [2.75, 3.05) is 5.32 Å². The number of para-hydroxylation sites is 4. The Morgan fingerprint density at radius 3 is 1.98 bits per heavy atom. The summed E-state index contributed by atoms with van der Waals surface area (Å²) in [7, 11) is 0. The molecule has 1 aromatic heterocycles. The molecule has 0 amide bonds. The Morgan fingerprint density at radius 1 is 0.545 bits per heavy atom. The molecule has 0 fully saturated rings. The number of hydrogen-bond donors (Lipinski definition) is 1. The summed E-state index contributed by atoms with van der Waals surface area (Å²) in [5.74, 6) is 1.51. The van der Waals surface area contributed by atoms with Gasteiger partial charge in [-0.25, -0.2) is 4.98 Å². The first-order valence-corrected chi connectivity index (χ1v) is 18.9. The fourth-order valence-electron chi connectivity index (χ4n) is 8.60. The molecule has 1 N–H and O–H groups in total. The van der Waals surface area contributed by atoms with Crippen molar-refractivity contribution in [2.24, 2.45) is 0 Å². The van der Waals surface area contributed by atoms with E-state index in [0.29, 0.717) is 5.89 Å². The number of nitrogens with zero attached hydrogens (tertiary/aromatic N) is 1. The molecule has 0 saturated heterocycles. The largest absolute Gasteiger partial charge is 0.464 e. The standard InChI is InChI=1S/C51H36N2O2/c1-51(2)42-26-24-33-9-3-4-10-40(33)48(42)41-25-23-36(30-43(41)51)39-28-37(31-15-19-34(20-16-31)49-52-44-11-5-7-13-46(44)54-49)27-38(29-39)32-17-21-35(22-18-32)50-53-45-12-6-8-14-47(45)55-50/h3-30,49,52H,1-2H3. The Kier molecular flexibility index (Phi) is 6.93. The fraction of sp³-hybridized carbons (Fsp3) is 0.0784. The second kappa shape index (κ2) is 12.1. The Bertz CT molecular complexity index is 2900. The number of anilines is 1. The van der Waals surface area contributed by atoms with Gasteiger partial charge in [-0.15, -0.1) is 0 Å². The molecular formula is C51H36N2O2. The number of rotatable bonds is 5. The van der Waals surface area contributed by atoms with Gasteiger partial charge in [0.1, 0.15) is 11.3 Å². The average Bonchev–Trinajstić information content (AvgIpc) is 3.94. The first-order chi connectivity index (χ1) is 27.0. The lowest BCUT2D eigenvalue weighted by Crippen LogP contribution is -2.15. The highest BCUT2D eigenvalue weighted by molar-refractivity contribution is 6.03. The Hall–Kier alpha value is -6.91. The van der Waals surface area contributed by atoms with Crippen LogP contribution in [0.15, 0.2) is 174 Å². The minimum atomic E-state index is -0.218. The lowest BCUT2D eigenvalue weighted by Gasteiger charge is -2.22. The van der Waals surface area contributed by atoms with Gasteiger partial charge in [0.2, 0.25) is 5.89 Å². The first-order valence-electron chi connectivity index (χ1n) is 18.9. The van der Waals surface area contributed by atoms with Crippen LogP contribution in [-0.4, -0.2) is 4.98 Å². The predicted octanol–water partition coefficient (Wildman–Crippen LogP) is 13.5. The normalized spacial score (nSPS) is 15.0. The lowest BCUT2D eigenvalue weighted by atomic mass is 9.81. The number of hydrogen-bond acceptors (Lipinski definition) is 4. The molecule has 2 aliphatic rings. The Balaban J connectivity index is 1.00. The first kappa shape index (κ1) is 31.6. The average molecular weight is 709 g/mol. The van der Waals surface area contributed by atoms with Crippen molar-refractivity contribution >= 4 is 27.6 Å². The summed E-state index contributed by atoms with van der Waals surface area (Å²) in [6, 6.07) is 60.6. The summed E-state index contributed by atoms with van der Waals surface area (Å²) < 4.78 is 12.3. The summed E-state index contributed by atoms with van der Waals surface area (Å²) in [6.45, 7) is 4.72. The molecule has 1 aliphatic carbocycles. The molecule has 8 aromatic carbocycles. The molecule has 0 saturated carbocycles. The highest BCUT2D eigenvalue weighted by Gasteiger charge is 2.36. The van der Waals surface area contributed by atoms with E-state index in [-0.39, 0.29) is 11.6 Å². The molecule has 4 nitrogen and oxygen atoms in total. The van der Waals surface area contributed by atoms with E-state index < -0.39 is 0 Å². The molecule has 55 heavy (non-hydrogen) atoms. The highest BCUT2D eigenvalue weighted by atomic mass is 16.5. The molecule has 262 valence electrons. The molecule has 9 aromatic rings. The third-order valence-corrected chi connectivity index (χ3v) is 11.6. The zero-order valence-electron chi connectivity index (χ0n) is 30.5. The van der Waals surface area contributed by atoms with E-state index in [2.05, 4.69) is 147 Å². The molecule has 0 spiro atoms. The second-order valence-electron chi connectivity index (χ2n) is 15.2. The maximum Gasteiger partial charge on any atom is 0.227 e. The van der Waals surface area contributed by atoms with Crippen LogP contribution in [0.2, 0.25) is 0 Å². The number of aromatic nitrogens is 1. The number of oxazole rings is 1. The van der Waals surface area contributed by atoms with E-state index in [9.17, 15) is 0 Å². The number of benzene rings is 8. The summed E-state index contributed by atoms with van der Waals surface area (Å²) in [4.78, 5) is 4.73. The van der Waals surface area contributed by atoms with E-state index in [4.69, 9.17) is 14.1 Å². The van der Waals surface area contributed by atoms with Crippen LogP contribution >= 0.6 is 0 Å². The summed E-state index contributed by atoms with van der Waals surface area (Å²) in [5, 5.41) is 6.10. The third-order valence-electron chi connectivity index (χ3n) is 11.6. The van der Waals surface area contributed by atoms with Gasteiger partial charge in [-0.1, -0.05) is 123 Å². The van der Waals surface area contributed by atoms with Crippen LogP contribution in [0.5, 0.6) is 5.75 Å². The maximum atomic E-state index is 6.23. The van der Waals surface area contributed by atoms with Crippen molar-refractivity contribution in [2.45, 2.75) is 25.5 Å². The van der Waals surface area contributed by atoms with Gasteiger partial charge in [-0.05, 0) is 127 Å². The molecular weight excluding hydrogens is 673 g/mol. The Morgan fingerprint density at radius 2 is 1.20 bits per heavy atom. The van der Waals surface area contributed by atoms with Crippen LogP contribution in [0, 0.1) is 0 Å². The summed E-state index contributed by atoms with van der Waals surface area (Å²) >= 11 is 0. The second-order valence-corrected chi connectivity index (χ2v) is 15.2. The molecule has 1 unspecified atom stereocenters. The van der Waals surface area contributed by atoms with Gasteiger partial charge in [0.25, 0.3) is 0 Å². The quantitative estimate of drug-likeness (QED) is 0.193. The Labute approximate surface area is 319 Å². The maximum absolute atomic E-state index is 6.23. The minimum Gasteiger partial charge on any atom is -0.464 e. The van der Waals surface area contributed by atoms with Gasteiger partial charge in [-0.3, -0.25) is 0 Å². The summed E-state index contributed by atoms with van der Waals surface area (Å²) in [5.41, 5.74) is 17.0. The number of nitrogens with one attached hydrogen (secondary N) is 1. The van der Waals surface area contributed by atoms with Gasteiger partial charge in [-0.2, -0.15) is 0 Å². The highest BCUT2D eigenvalue weighted by Crippen LogP contribution is 2.52. The van der Waals surface area contributed by atoms with Gasteiger partial charge >= 0.3 is 0 Å². The van der Waals surface area contributed by atoms with Crippen molar-refractivity contribution in [3.05, 3.63) is 187 Å². The summed E-state index contributed by atoms with van der Waals surface area (Å²) in [6.07, 6.45) is -0.218. The third kappa shape index (κ3) is 5.17. The molecule has 11 rings (SSSR count). The van der Waals surface area contributed by atoms with E-state index in [1.807, 2.05) is 42.5 Å². The van der Waals surface area contributed by atoms with Crippen LogP contribution in [0.3, 0.4) is 0 Å². The van der Waals surface area contributed by atoms with Crippen molar-refractivity contribution in [1.82, 2.24) is 4.98 Å². The van der Waals surface area contributed by atoms with Crippen LogP contribution in [0.1, 0.15) is 36.8 Å². The fourth-order valence-corrected chi connectivity index (χ4v) is 8.60. The van der Waals surface area contributed by atoms with Crippen molar-refractivity contribution in [3.8, 4) is 61.7 Å². The van der Waals surface area contributed by atoms with Crippen molar-refractivity contribution < 1.29 is 9.15 Å². The van der Waals surface area contributed by atoms with E-state index in [1.165, 1.54) is 44.2 Å². The van der Waals surface area contributed by atoms with Gasteiger partial charge in [0.15, 0.2) is 11.8 Å². The SMILES string of the molecule is CC1(C)c2cc(-c3cc(-c4ccc(-c5nc6ccccc6o5)cc4)cc(-c4ccc(C5Nc6ccccc6O5)cc4)c3)ccc2-c2c1ccc1ccccc21. The molecule has 0 bridgehead atoms. The minimum absolute atomic E-state index is 0.127. The van der Waals surface area contributed by atoms with E-state index in [1.54, 1.807) is 0 Å². The molecule has 0 radical (unpaired) electrons. The number of fused-ring (bicyclic) bond motifs is 7. The van der Waals surface area contributed by atoms with Crippen molar-refractivity contribution in [1.29, 1.82) is 0 Å². The molecule has 1 atom stereocenters. The zero-order chi connectivity index (χ0) is 36.7. The number of ether oxygens (including phenoxy) is 1. The van der Waals surface area contributed by atoms with Gasteiger partial charge in [0, 0.05) is 16.5 Å². The molecule has 2 heterocycles. The molecule has 1 aliphatic heterocycles. The van der Waals surface area contributed by atoms with Gasteiger partial charge in [0.05, 0.1) is 5.69 Å². The monoisotopic (exact) mass is 708 g/mol. The zero-order valence-corrected chi connectivity index (χ0v) is 30.5. The molecule has 4 heteroatoms. The lowest BCUT2D eigenvalue weighted by molar-refractivity contribution is 0.260.